The van der Waals surface area contributed by atoms with Crippen LogP contribution >= 0.6 is 11.6 Å². The lowest BCUT2D eigenvalue weighted by Gasteiger charge is -2.03. The topological polar surface area (TPSA) is 55.1 Å². The second-order valence-electron chi connectivity index (χ2n) is 2.41. The first kappa shape index (κ1) is 9.95. The fourth-order valence-electron chi connectivity index (χ4n) is 0.838. The molecule has 1 rings (SSSR count). The summed E-state index contributed by atoms with van der Waals surface area (Å²) in [7, 11) is 0. The molecule has 5 heteroatoms. The summed E-state index contributed by atoms with van der Waals surface area (Å²) < 4.78 is 12.7. The molecule has 1 aromatic rings. The Kier molecular flexibility index (Phi) is 3.22. The molecule has 70 valence electrons. The van der Waals surface area contributed by atoms with Crippen molar-refractivity contribution in [3.63, 3.8) is 0 Å². The Labute approximate surface area is 79.7 Å². The molecule has 3 nitrogen and oxygen atoms in total. The van der Waals surface area contributed by atoms with Gasteiger partial charge in [-0.15, -0.1) is 0 Å². The third-order valence-corrected chi connectivity index (χ3v) is 1.55. The number of halogens is 2. The van der Waals surface area contributed by atoms with E-state index in [1.807, 2.05) is 0 Å². The predicted octanol–water partition coefficient (Wildman–Crippen LogP) is 1.38. The maximum absolute atomic E-state index is 12.7. The molecule has 0 fully saturated rings. The minimum absolute atomic E-state index is 0.145. The molecule has 0 spiro atoms. The Morgan fingerprint density at radius 2 is 2.23 bits per heavy atom. The molecule has 0 unspecified atom stereocenters. The summed E-state index contributed by atoms with van der Waals surface area (Å²) >= 11 is 5.55. The summed E-state index contributed by atoms with van der Waals surface area (Å²) in [4.78, 5) is 10.8. The van der Waals surface area contributed by atoms with Crippen molar-refractivity contribution in [2.75, 3.05) is 11.9 Å². The van der Waals surface area contributed by atoms with Gasteiger partial charge < -0.3 is 11.1 Å². The van der Waals surface area contributed by atoms with Gasteiger partial charge in [-0.2, -0.15) is 0 Å². The molecular weight excluding hydrogens is 195 g/mol. The first-order valence-electron chi connectivity index (χ1n) is 3.58. The highest BCUT2D eigenvalue weighted by atomic mass is 35.5. The van der Waals surface area contributed by atoms with Crippen molar-refractivity contribution < 1.29 is 9.18 Å². The molecule has 0 aromatic heterocycles. The summed E-state index contributed by atoms with van der Waals surface area (Å²) in [6.07, 6.45) is 0. The lowest BCUT2D eigenvalue weighted by atomic mass is 10.3. The third-order valence-electron chi connectivity index (χ3n) is 1.33. The van der Waals surface area contributed by atoms with Crippen LogP contribution in [0.4, 0.5) is 10.1 Å². The number of benzene rings is 1. The van der Waals surface area contributed by atoms with Crippen LogP contribution in [0.5, 0.6) is 0 Å². The van der Waals surface area contributed by atoms with E-state index < -0.39 is 5.82 Å². The molecule has 0 radical (unpaired) electrons. The SMILES string of the molecule is NCC(=O)Nc1cc(F)cc(Cl)c1. The summed E-state index contributed by atoms with van der Waals surface area (Å²) in [6, 6.07) is 3.76. The van der Waals surface area contributed by atoms with E-state index in [1.54, 1.807) is 0 Å². The van der Waals surface area contributed by atoms with Crippen molar-refractivity contribution >= 4 is 23.2 Å². The second-order valence-corrected chi connectivity index (χ2v) is 2.85. The van der Waals surface area contributed by atoms with Gasteiger partial charge in [0.25, 0.3) is 0 Å². The third kappa shape index (κ3) is 3.01. The zero-order valence-electron chi connectivity index (χ0n) is 6.68. The Balaban J connectivity index is 2.83. The van der Waals surface area contributed by atoms with Gasteiger partial charge in [-0.1, -0.05) is 11.6 Å². The van der Waals surface area contributed by atoms with E-state index in [4.69, 9.17) is 17.3 Å². The lowest BCUT2D eigenvalue weighted by molar-refractivity contribution is -0.114. The first-order chi connectivity index (χ1) is 6.11. The Morgan fingerprint density at radius 1 is 1.54 bits per heavy atom. The minimum atomic E-state index is -0.500. The van der Waals surface area contributed by atoms with Crippen LogP contribution in [0.2, 0.25) is 5.02 Å². The second kappa shape index (κ2) is 4.20. The summed E-state index contributed by atoms with van der Waals surface area (Å²) in [5, 5.41) is 2.61. The normalized spacial score (nSPS) is 9.77. The Bertz CT molecular complexity index is 310. The monoisotopic (exact) mass is 202 g/mol. The molecule has 1 amide bonds. The van der Waals surface area contributed by atoms with Gasteiger partial charge >= 0.3 is 0 Å². The number of carbonyl (C=O) groups excluding carboxylic acids is 1. The molecule has 0 aliphatic heterocycles. The van der Waals surface area contributed by atoms with Crippen LogP contribution in [0.1, 0.15) is 0 Å². The molecule has 0 saturated heterocycles. The van der Waals surface area contributed by atoms with Crippen molar-refractivity contribution in [3.8, 4) is 0 Å². The average molecular weight is 203 g/mol. The summed E-state index contributed by atoms with van der Waals surface area (Å²) in [6.45, 7) is -0.145. The van der Waals surface area contributed by atoms with Gasteiger partial charge in [-0.25, -0.2) is 4.39 Å². The van der Waals surface area contributed by atoms with Gasteiger partial charge in [0, 0.05) is 10.7 Å². The van der Waals surface area contributed by atoms with Crippen LogP contribution in [0, 0.1) is 5.82 Å². The largest absolute Gasteiger partial charge is 0.325 e. The highest BCUT2D eigenvalue weighted by Crippen LogP contribution is 2.17. The van der Waals surface area contributed by atoms with Crippen molar-refractivity contribution in [1.82, 2.24) is 0 Å². The first-order valence-corrected chi connectivity index (χ1v) is 3.95. The van der Waals surface area contributed by atoms with E-state index in [0.717, 1.165) is 6.07 Å². The highest BCUT2D eigenvalue weighted by Gasteiger charge is 2.02. The number of carbonyl (C=O) groups is 1. The fraction of sp³-hybridized carbons (Fsp3) is 0.125. The number of nitrogens with one attached hydrogen (secondary N) is 1. The molecule has 1 aromatic carbocycles. The van der Waals surface area contributed by atoms with E-state index in [9.17, 15) is 9.18 Å². The number of rotatable bonds is 2. The Morgan fingerprint density at radius 3 is 2.77 bits per heavy atom. The molecular formula is C8H8ClFN2O. The maximum Gasteiger partial charge on any atom is 0.238 e. The molecule has 0 saturated carbocycles. The van der Waals surface area contributed by atoms with E-state index in [2.05, 4.69) is 5.32 Å². The minimum Gasteiger partial charge on any atom is -0.325 e. The average Bonchev–Trinajstić information content (AvgIpc) is 2.02. The zero-order chi connectivity index (χ0) is 9.84. The van der Waals surface area contributed by atoms with Crippen LogP contribution in [-0.2, 0) is 4.79 Å². The van der Waals surface area contributed by atoms with Gasteiger partial charge in [-0.3, -0.25) is 4.79 Å². The van der Waals surface area contributed by atoms with Crippen molar-refractivity contribution in [2.45, 2.75) is 0 Å². The van der Waals surface area contributed by atoms with Crippen LogP contribution in [-0.4, -0.2) is 12.5 Å². The summed E-state index contributed by atoms with van der Waals surface area (Å²) in [5.41, 5.74) is 5.36. The maximum atomic E-state index is 12.7. The van der Waals surface area contributed by atoms with Gasteiger partial charge in [0.2, 0.25) is 5.91 Å². The molecule has 13 heavy (non-hydrogen) atoms. The molecule has 3 N–H and O–H groups in total. The molecule has 0 heterocycles. The van der Waals surface area contributed by atoms with Crippen molar-refractivity contribution in [3.05, 3.63) is 29.0 Å². The van der Waals surface area contributed by atoms with Gasteiger partial charge in [0.1, 0.15) is 5.82 Å². The summed E-state index contributed by atoms with van der Waals surface area (Å²) in [5.74, 6) is -0.888. The number of amides is 1. The van der Waals surface area contributed by atoms with Gasteiger partial charge in [0.05, 0.1) is 6.54 Å². The number of anilines is 1. The van der Waals surface area contributed by atoms with Crippen molar-refractivity contribution in [1.29, 1.82) is 0 Å². The molecule has 0 bridgehead atoms. The molecule has 0 aliphatic rings. The lowest BCUT2D eigenvalue weighted by Crippen LogP contribution is -2.21. The standard InChI is InChI=1S/C8H8ClFN2O/c9-5-1-6(10)3-7(2-5)12-8(13)4-11/h1-3H,4,11H2,(H,12,13). The highest BCUT2D eigenvalue weighted by molar-refractivity contribution is 6.30. The van der Waals surface area contributed by atoms with Gasteiger partial charge in [-0.05, 0) is 18.2 Å². The van der Waals surface area contributed by atoms with Crippen LogP contribution in [0.25, 0.3) is 0 Å². The quantitative estimate of drug-likeness (QED) is 0.761. The van der Waals surface area contributed by atoms with E-state index >= 15 is 0 Å². The fourth-order valence-corrected chi connectivity index (χ4v) is 1.06. The molecule has 0 aliphatic carbocycles. The zero-order valence-corrected chi connectivity index (χ0v) is 7.44. The number of hydrogen-bond donors (Lipinski definition) is 2. The smallest absolute Gasteiger partial charge is 0.238 e. The van der Waals surface area contributed by atoms with E-state index in [-0.39, 0.29) is 17.5 Å². The molecule has 0 atom stereocenters. The number of nitrogens with two attached hydrogens (primary N) is 1. The van der Waals surface area contributed by atoms with E-state index in [1.165, 1.54) is 12.1 Å². The predicted molar refractivity (Wildman–Crippen MR) is 49.1 cm³/mol. The van der Waals surface area contributed by atoms with Gasteiger partial charge in [0.15, 0.2) is 0 Å². The number of hydrogen-bond acceptors (Lipinski definition) is 2. The van der Waals surface area contributed by atoms with Crippen LogP contribution in [0.15, 0.2) is 18.2 Å². The Hall–Kier alpha value is -1.13. The van der Waals surface area contributed by atoms with Crippen LogP contribution in [0.3, 0.4) is 0 Å². The van der Waals surface area contributed by atoms with Crippen molar-refractivity contribution in [2.24, 2.45) is 5.73 Å². The van der Waals surface area contributed by atoms with Crippen LogP contribution < -0.4 is 11.1 Å². The van der Waals surface area contributed by atoms with E-state index in [0.29, 0.717) is 5.69 Å².